The minimum absolute atomic E-state index is 0.543. The highest BCUT2D eigenvalue weighted by atomic mass is 16.5. The highest BCUT2D eigenvalue weighted by Crippen LogP contribution is 2.62. The molecule has 0 fully saturated rings. The van der Waals surface area contributed by atoms with E-state index in [1.807, 2.05) is 85.2 Å². The SMILES string of the molecule is [C-]#[N+]c1ccc2c(c1)c1cc([N+]#[C-])ccc1n2-c1ccc2c(c1)Oc1cc(-n3c4ccccc4c4cc(N5c6ccccc6Oc6ccccc65)ccc43)ccc1C21c2cccnc2-c2ncccc21. The third-order valence-electron chi connectivity index (χ3n) is 14.5. The zero-order valence-corrected chi connectivity index (χ0v) is 37.0. The summed E-state index contributed by atoms with van der Waals surface area (Å²) in [7, 11) is 0. The van der Waals surface area contributed by atoms with E-state index in [4.69, 9.17) is 32.6 Å². The normalized spacial score (nSPS) is 13.4. The molecule has 0 atom stereocenters. The van der Waals surface area contributed by atoms with Crippen molar-refractivity contribution in [3.05, 3.63) is 246 Å². The van der Waals surface area contributed by atoms with Crippen LogP contribution in [-0.2, 0) is 5.41 Å². The molecule has 70 heavy (non-hydrogen) atoms. The summed E-state index contributed by atoms with van der Waals surface area (Å²) in [5.74, 6) is 3.05. The van der Waals surface area contributed by atoms with Gasteiger partial charge in [-0.3, -0.25) is 9.97 Å². The summed E-state index contributed by atoms with van der Waals surface area (Å²) >= 11 is 0. The standard InChI is InChI=1S/C61H33N7O2/c1-62-36-19-26-50-42(31-36)43-32-37(63-2)20-27-51(43)67(50)40-22-25-46-58(35-40)70-57-34-39(21-24-45(57)61(46)47-12-9-29-64-59(47)60-48(61)13-10-30-65-60)66-49-14-4-3-11-41(49)44-33-38(23-28-52(44)66)68-53-15-5-7-17-55(53)69-56-18-8-6-16-54(56)68/h3-35H. The average molecular weight is 896 g/mol. The Morgan fingerprint density at radius 3 is 1.43 bits per heavy atom. The molecule has 3 aliphatic rings. The number of pyridine rings is 2. The molecule has 2 aliphatic heterocycles. The molecule has 0 unspecified atom stereocenters. The third-order valence-corrected chi connectivity index (χ3v) is 14.5. The number of nitrogens with zero attached hydrogens (tertiary/aromatic N) is 7. The Kier molecular flexibility index (Phi) is 7.65. The summed E-state index contributed by atoms with van der Waals surface area (Å²) in [5, 5.41) is 4.07. The van der Waals surface area contributed by atoms with Gasteiger partial charge >= 0.3 is 0 Å². The summed E-state index contributed by atoms with van der Waals surface area (Å²) in [6, 6.07) is 64.7. The molecule has 8 aromatic carbocycles. The molecule has 0 saturated carbocycles. The molecule has 9 nitrogen and oxygen atoms in total. The van der Waals surface area contributed by atoms with E-state index in [0.717, 1.165) is 123 Å². The number of benzene rings is 8. The lowest BCUT2D eigenvalue weighted by atomic mass is 9.66. The predicted octanol–water partition coefficient (Wildman–Crippen LogP) is 15.8. The fourth-order valence-electron chi connectivity index (χ4n) is 11.6. The van der Waals surface area contributed by atoms with E-state index in [2.05, 4.69) is 139 Å². The first-order valence-corrected chi connectivity index (χ1v) is 23.0. The molecule has 9 heteroatoms. The average Bonchev–Trinajstić information content (AvgIpc) is 4.03. The molecule has 0 amide bonds. The first kappa shape index (κ1) is 38.2. The van der Waals surface area contributed by atoms with Crippen molar-refractivity contribution in [2.45, 2.75) is 5.41 Å². The smallest absolute Gasteiger partial charge is 0.188 e. The molecule has 324 valence electrons. The van der Waals surface area contributed by atoms with Gasteiger partial charge in [0.05, 0.1) is 63.4 Å². The number of rotatable bonds is 3. The number of ether oxygens (including phenoxy) is 2. The van der Waals surface area contributed by atoms with Crippen LogP contribution in [0.5, 0.6) is 23.0 Å². The zero-order valence-electron chi connectivity index (χ0n) is 37.0. The lowest BCUT2D eigenvalue weighted by Crippen LogP contribution is -2.32. The Bertz CT molecular complexity index is 4220. The van der Waals surface area contributed by atoms with Crippen LogP contribution in [0.3, 0.4) is 0 Å². The van der Waals surface area contributed by atoms with Crippen LogP contribution in [0.4, 0.5) is 28.4 Å². The van der Waals surface area contributed by atoms with Crippen LogP contribution in [0.25, 0.3) is 76.1 Å². The Balaban J connectivity index is 0.950. The fraction of sp³-hybridized carbons (Fsp3) is 0.0164. The molecule has 15 rings (SSSR count). The van der Waals surface area contributed by atoms with Gasteiger partial charge in [0, 0.05) is 63.5 Å². The van der Waals surface area contributed by atoms with Crippen LogP contribution in [0, 0.1) is 13.1 Å². The molecule has 4 aromatic heterocycles. The van der Waals surface area contributed by atoms with Crippen molar-refractivity contribution in [3.8, 4) is 45.8 Å². The second-order valence-corrected chi connectivity index (χ2v) is 17.9. The van der Waals surface area contributed by atoms with Crippen molar-refractivity contribution in [2.75, 3.05) is 4.90 Å². The van der Waals surface area contributed by atoms with Gasteiger partial charge in [-0.15, -0.1) is 0 Å². The van der Waals surface area contributed by atoms with Crippen molar-refractivity contribution in [1.29, 1.82) is 0 Å². The van der Waals surface area contributed by atoms with Crippen molar-refractivity contribution in [3.63, 3.8) is 0 Å². The van der Waals surface area contributed by atoms with Crippen molar-refractivity contribution >= 4 is 72.0 Å². The molecule has 12 aromatic rings. The summed E-state index contributed by atoms with van der Waals surface area (Å²) in [6.07, 6.45) is 3.68. The summed E-state index contributed by atoms with van der Waals surface area (Å²) in [5.41, 5.74) is 14.9. The van der Waals surface area contributed by atoms with E-state index < -0.39 is 5.41 Å². The van der Waals surface area contributed by atoms with Gasteiger partial charge in [0.25, 0.3) is 0 Å². The van der Waals surface area contributed by atoms with E-state index in [9.17, 15) is 0 Å². The minimum Gasteiger partial charge on any atom is -0.457 e. The van der Waals surface area contributed by atoms with E-state index >= 15 is 0 Å². The van der Waals surface area contributed by atoms with Crippen LogP contribution in [0.2, 0.25) is 0 Å². The number of anilines is 3. The predicted molar refractivity (Wildman–Crippen MR) is 275 cm³/mol. The van der Waals surface area contributed by atoms with Gasteiger partial charge in [-0.25, -0.2) is 9.69 Å². The molecule has 0 saturated heterocycles. The third kappa shape index (κ3) is 5.02. The number of hydrogen-bond donors (Lipinski definition) is 0. The maximum Gasteiger partial charge on any atom is 0.188 e. The molecular formula is C61H33N7O2. The van der Waals surface area contributed by atoms with E-state index in [1.54, 1.807) is 0 Å². The number of fused-ring (bicyclic) bond motifs is 17. The fourth-order valence-corrected chi connectivity index (χ4v) is 11.6. The van der Waals surface area contributed by atoms with Crippen molar-refractivity contribution in [2.24, 2.45) is 0 Å². The van der Waals surface area contributed by atoms with E-state index in [0.29, 0.717) is 17.1 Å². The Morgan fingerprint density at radius 1 is 0.386 bits per heavy atom. The first-order valence-electron chi connectivity index (χ1n) is 23.0. The number of hydrogen-bond acceptors (Lipinski definition) is 5. The van der Waals surface area contributed by atoms with Gasteiger partial charge in [-0.2, -0.15) is 0 Å². The van der Waals surface area contributed by atoms with Gasteiger partial charge < -0.3 is 23.5 Å². The van der Waals surface area contributed by atoms with Crippen LogP contribution >= 0.6 is 0 Å². The Labute approximate surface area is 400 Å². The highest BCUT2D eigenvalue weighted by molar-refractivity contribution is 6.12. The van der Waals surface area contributed by atoms with Gasteiger partial charge in [-0.1, -0.05) is 78.9 Å². The topological polar surface area (TPSA) is 66.1 Å². The van der Waals surface area contributed by atoms with Crippen LogP contribution in [-0.4, -0.2) is 19.1 Å². The minimum atomic E-state index is -0.802. The van der Waals surface area contributed by atoms with Crippen molar-refractivity contribution < 1.29 is 9.47 Å². The second-order valence-electron chi connectivity index (χ2n) is 17.9. The quantitative estimate of drug-likeness (QED) is 0.165. The summed E-state index contributed by atoms with van der Waals surface area (Å²) < 4.78 is 18.2. The van der Waals surface area contributed by atoms with Gasteiger partial charge in [0.1, 0.15) is 11.5 Å². The summed E-state index contributed by atoms with van der Waals surface area (Å²) in [4.78, 5) is 19.7. The van der Waals surface area contributed by atoms with Crippen molar-refractivity contribution in [1.82, 2.24) is 19.1 Å². The van der Waals surface area contributed by atoms with E-state index in [1.165, 1.54) is 0 Å². The largest absolute Gasteiger partial charge is 0.457 e. The van der Waals surface area contributed by atoms with E-state index in [-0.39, 0.29) is 0 Å². The lowest BCUT2D eigenvalue weighted by molar-refractivity contribution is 0.436. The monoisotopic (exact) mass is 895 g/mol. The highest BCUT2D eigenvalue weighted by Gasteiger charge is 2.52. The van der Waals surface area contributed by atoms with Gasteiger partial charge in [-0.05, 0) is 119 Å². The Morgan fingerprint density at radius 2 is 0.857 bits per heavy atom. The molecule has 0 bridgehead atoms. The van der Waals surface area contributed by atoms with Gasteiger partial charge in [0.15, 0.2) is 22.9 Å². The van der Waals surface area contributed by atoms with Crippen LogP contribution in [0.1, 0.15) is 22.3 Å². The van der Waals surface area contributed by atoms with Crippen LogP contribution in [0.15, 0.2) is 200 Å². The maximum absolute atomic E-state index is 7.79. The Hall–Kier alpha value is -9.96. The summed E-state index contributed by atoms with van der Waals surface area (Å²) in [6.45, 7) is 15.6. The zero-order chi connectivity index (χ0) is 46.2. The van der Waals surface area contributed by atoms with Crippen LogP contribution < -0.4 is 14.4 Å². The molecule has 0 N–H and O–H groups in total. The molecule has 1 spiro atoms. The molecule has 6 heterocycles. The first-order chi connectivity index (χ1) is 34.6. The van der Waals surface area contributed by atoms with Gasteiger partial charge in [0.2, 0.25) is 0 Å². The number of aromatic nitrogens is 4. The lowest BCUT2D eigenvalue weighted by Gasteiger charge is -2.39. The molecule has 1 aliphatic carbocycles. The number of para-hydroxylation sites is 5. The second kappa shape index (κ2) is 14.0. The molecule has 0 radical (unpaired) electrons. The molecular weight excluding hydrogens is 863 g/mol. The maximum atomic E-state index is 7.79.